The van der Waals surface area contributed by atoms with E-state index in [2.05, 4.69) is 39.4 Å². The monoisotopic (exact) mass is 375 g/mol. The second-order valence-electron chi connectivity index (χ2n) is 7.61. The normalized spacial score (nSPS) is 18.9. The van der Waals surface area contributed by atoms with Gasteiger partial charge in [0.25, 0.3) is 0 Å². The predicted molar refractivity (Wildman–Crippen MR) is 113 cm³/mol. The Labute approximate surface area is 164 Å². The first-order chi connectivity index (χ1) is 13.0. The standard InChI is InChI=1S/C21H37N5O/c1-4-22-20(24-18-21(2,27)19-10-6-5-7-11-19)23-12-8-9-13-26-16-14-25(3)15-17-26/h5-7,10-11,27H,4,8-9,12-18H2,1-3H3,(H2,22,23,24). The number of hydrogen-bond donors (Lipinski definition) is 3. The molecule has 1 aromatic carbocycles. The van der Waals surface area contributed by atoms with E-state index in [1.807, 2.05) is 37.3 Å². The number of aliphatic hydroxyl groups is 1. The van der Waals surface area contributed by atoms with Crippen LogP contribution in [0.15, 0.2) is 35.3 Å². The van der Waals surface area contributed by atoms with Gasteiger partial charge in [0.15, 0.2) is 5.96 Å². The maximum Gasteiger partial charge on any atom is 0.191 e. The van der Waals surface area contributed by atoms with Gasteiger partial charge in [0, 0.05) is 39.3 Å². The number of likely N-dealkylation sites (N-methyl/N-ethyl adjacent to an activating group) is 1. The second-order valence-corrected chi connectivity index (χ2v) is 7.61. The molecule has 1 heterocycles. The summed E-state index contributed by atoms with van der Waals surface area (Å²) in [6.07, 6.45) is 2.31. The molecule has 0 bridgehead atoms. The van der Waals surface area contributed by atoms with E-state index in [1.165, 1.54) is 39.1 Å². The van der Waals surface area contributed by atoms with Gasteiger partial charge in [-0.25, -0.2) is 4.99 Å². The topological polar surface area (TPSA) is 63.1 Å². The number of hydrogen-bond acceptors (Lipinski definition) is 4. The predicted octanol–water partition coefficient (Wildman–Crippen LogP) is 1.48. The van der Waals surface area contributed by atoms with E-state index in [0.29, 0.717) is 6.54 Å². The number of aliphatic imine (C=N–C) groups is 1. The molecule has 1 atom stereocenters. The molecule has 1 aliphatic heterocycles. The number of guanidine groups is 1. The molecule has 0 aromatic heterocycles. The first-order valence-corrected chi connectivity index (χ1v) is 10.2. The summed E-state index contributed by atoms with van der Waals surface area (Å²) in [5.74, 6) is 0.772. The third kappa shape index (κ3) is 7.87. The Bertz CT molecular complexity index is 553. The van der Waals surface area contributed by atoms with Crippen molar-refractivity contribution in [3.8, 4) is 0 Å². The van der Waals surface area contributed by atoms with Crippen LogP contribution in [0.2, 0.25) is 0 Å². The molecule has 0 spiro atoms. The minimum atomic E-state index is -0.967. The molecular formula is C21H37N5O. The molecule has 6 nitrogen and oxygen atoms in total. The van der Waals surface area contributed by atoms with Crippen LogP contribution in [-0.4, -0.2) is 80.3 Å². The van der Waals surface area contributed by atoms with E-state index in [4.69, 9.17) is 0 Å². The van der Waals surface area contributed by atoms with Crippen LogP contribution in [-0.2, 0) is 5.60 Å². The average Bonchev–Trinajstić information content (AvgIpc) is 2.68. The summed E-state index contributed by atoms with van der Waals surface area (Å²) < 4.78 is 0. The van der Waals surface area contributed by atoms with Crippen molar-refractivity contribution < 1.29 is 5.11 Å². The fraction of sp³-hybridized carbons (Fsp3) is 0.667. The summed E-state index contributed by atoms with van der Waals surface area (Å²) in [4.78, 5) is 9.53. The molecule has 1 aliphatic rings. The number of unbranched alkanes of at least 4 members (excludes halogenated alkanes) is 1. The first-order valence-electron chi connectivity index (χ1n) is 10.2. The highest BCUT2D eigenvalue weighted by Crippen LogP contribution is 2.20. The lowest BCUT2D eigenvalue weighted by molar-refractivity contribution is 0.0672. The lowest BCUT2D eigenvalue weighted by atomic mass is 9.96. The first kappa shape index (κ1) is 21.7. The van der Waals surface area contributed by atoms with Crippen LogP contribution < -0.4 is 10.6 Å². The third-order valence-electron chi connectivity index (χ3n) is 5.07. The van der Waals surface area contributed by atoms with Crippen molar-refractivity contribution in [2.75, 3.05) is 59.4 Å². The number of rotatable bonds is 9. The molecule has 0 saturated carbocycles. The fourth-order valence-corrected chi connectivity index (χ4v) is 3.20. The number of piperazine rings is 1. The summed E-state index contributed by atoms with van der Waals surface area (Å²) >= 11 is 0. The zero-order valence-corrected chi connectivity index (χ0v) is 17.2. The highest BCUT2D eigenvalue weighted by atomic mass is 16.3. The molecular weight excluding hydrogens is 338 g/mol. The van der Waals surface area contributed by atoms with Gasteiger partial charge in [-0.05, 0) is 45.8 Å². The molecule has 27 heavy (non-hydrogen) atoms. The van der Waals surface area contributed by atoms with E-state index in [9.17, 15) is 5.11 Å². The smallest absolute Gasteiger partial charge is 0.191 e. The zero-order valence-electron chi connectivity index (χ0n) is 17.2. The number of nitrogens with one attached hydrogen (secondary N) is 2. The minimum Gasteiger partial charge on any atom is -0.384 e. The highest BCUT2D eigenvalue weighted by Gasteiger charge is 2.22. The van der Waals surface area contributed by atoms with Gasteiger partial charge in [0.1, 0.15) is 5.60 Å². The van der Waals surface area contributed by atoms with E-state index in [-0.39, 0.29) is 0 Å². The Balaban J connectivity index is 1.72. The summed E-state index contributed by atoms with van der Waals surface area (Å²) in [6, 6.07) is 9.72. The van der Waals surface area contributed by atoms with Crippen molar-refractivity contribution in [3.63, 3.8) is 0 Å². The van der Waals surface area contributed by atoms with Crippen LogP contribution >= 0.6 is 0 Å². The Morgan fingerprint density at radius 2 is 1.81 bits per heavy atom. The van der Waals surface area contributed by atoms with Gasteiger partial charge in [-0.3, -0.25) is 0 Å². The van der Waals surface area contributed by atoms with Gasteiger partial charge in [0.05, 0.1) is 6.54 Å². The van der Waals surface area contributed by atoms with Gasteiger partial charge in [-0.2, -0.15) is 0 Å². The van der Waals surface area contributed by atoms with Gasteiger partial charge in [-0.1, -0.05) is 30.3 Å². The van der Waals surface area contributed by atoms with Crippen molar-refractivity contribution in [3.05, 3.63) is 35.9 Å². The highest BCUT2D eigenvalue weighted by molar-refractivity contribution is 5.79. The maximum absolute atomic E-state index is 10.7. The van der Waals surface area contributed by atoms with Crippen LogP contribution in [0.25, 0.3) is 0 Å². The number of benzene rings is 1. The average molecular weight is 376 g/mol. The van der Waals surface area contributed by atoms with E-state index >= 15 is 0 Å². The van der Waals surface area contributed by atoms with E-state index < -0.39 is 5.60 Å². The molecule has 1 saturated heterocycles. The van der Waals surface area contributed by atoms with Crippen LogP contribution in [0.4, 0.5) is 0 Å². The van der Waals surface area contributed by atoms with Crippen molar-refractivity contribution in [1.29, 1.82) is 0 Å². The molecule has 2 rings (SSSR count). The molecule has 1 fully saturated rings. The van der Waals surface area contributed by atoms with Gasteiger partial charge >= 0.3 is 0 Å². The van der Waals surface area contributed by atoms with Gasteiger partial charge in [-0.15, -0.1) is 0 Å². The van der Waals surface area contributed by atoms with Crippen LogP contribution in [0.1, 0.15) is 32.3 Å². The summed E-state index contributed by atoms with van der Waals surface area (Å²) in [5.41, 5.74) is -0.0813. The molecule has 0 radical (unpaired) electrons. The third-order valence-corrected chi connectivity index (χ3v) is 5.07. The largest absolute Gasteiger partial charge is 0.384 e. The molecule has 152 valence electrons. The van der Waals surface area contributed by atoms with Crippen LogP contribution in [0.5, 0.6) is 0 Å². The molecule has 0 amide bonds. The summed E-state index contributed by atoms with van der Waals surface area (Å²) in [7, 11) is 2.19. The van der Waals surface area contributed by atoms with Crippen molar-refractivity contribution in [2.24, 2.45) is 4.99 Å². The Morgan fingerprint density at radius 1 is 1.11 bits per heavy atom. The fourth-order valence-electron chi connectivity index (χ4n) is 3.20. The van der Waals surface area contributed by atoms with Crippen LogP contribution in [0, 0.1) is 0 Å². The quantitative estimate of drug-likeness (QED) is 0.347. The lowest BCUT2D eigenvalue weighted by Crippen LogP contribution is -2.44. The maximum atomic E-state index is 10.7. The SMILES string of the molecule is CCNC(=NCC(C)(O)c1ccccc1)NCCCCN1CCN(C)CC1. The van der Waals surface area contributed by atoms with Crippen molar-refractivity contribution >= 4 is 5.96 Å². The van der Waals surface area contributed by atoms with Crippen LogP contribution in [0.3, 0.4) is 0 Å². The number of nitrogens with zero attached hydrogens (tertiary/aromatic N) is 3. The molecule has 3 N–H and O–H groups in total. The minimum absolute atomic E-state index is 0.327. The van der Waals surface area contributed by atoms with Gasteiger partial charge < -0.3 is 25.5 Å². The van der Waals surface area contributed by atoms with Crippen molar-refractivity contribution in [1.82, 2.24) is 20.4 Å². The van der Waals surface area contributed by atoms with E-state index in [1.54, 1.807) is 0 Å². The molecule has 1 aromatic rings. The molecule has 1 unspecified atom stereocenters. The zero-order chi connectivity index (χ0) is 19.5. The Kier molecular flexibility index (Phi) is 9.04. The van der Waals surface area contributed by atoms with E-state index in [0.717, 1.165) is 31.0 Å². The summed E-state index contributed by atoms with van der Waals surface area (Å²) in [5, 5.41) is 17.4. The molecule has 0 aliphatic carbocycles. The summed E-state index contributed by atoms with van der Waals surface area (Å²) in [6.45, 7) is 11.8. The van der Waals surface area contributed by atoms with Crippen molar-refractivity contribution in [2.45, 2.75) is 32.3 Å². The second kappa shape index (κ2) is 11.3. The Morgan fingerprint density at radius 3 is 2.48 bits per heavy atom. The van der Waals surface area contributed by atoms with Gasteiger partial charge in [0.2, 0.25) is 0 Å². The lowest BCUT2D eigenvalue weighted by Gasteiger charge is -2.32. The Hall–Kier alpha value is -1.63. The molecule has 6 heteroatoms.